The van der Waals surface area contributed by atoms with Crippen molar-refractivity contribution in [1.82, 2.24) is 5.32 Å². The summed E-state index contributed by atoms with van der Waals surface area (Å²) in [7, 11) is 0. The molecule has 2 amide bonds. The average molecular weight is 310 g/mol. The van der Waals surface area contributed by atoms with Crippen LogP contribution in [0.5, 0.6) is 0 Å². The third kappa shape index (κ3) is 4.95. The van der Waals surface area contributed by atoms with Gasteiger partial charge in [-0.15, -0.1) is 0 Å². The maximum atomic E-state index is 12.0. The minimum absolute atomic E-state index is 0.181. The van der Waals surface area contributed by atoms with Crippen molar-refractivity contribution in [2.75, 3.05) is 5.32 Å². The van der Waals surface area contributed by atoms with E-state index in [2.05, 4.69) is 10.6 Å². The first-order chi connectivity index (χ1) is 11.0. The maximum Gasteiger partial charge on any atom is 0.233 e. The second-order valence-electron chi connectivity index (χ2n) is 5.75. The Morgan fingerprint density at radius 2 is 1.65 bits per heavy atom. The molecule has 0 aromatic heterocycles. The molecular formula is C19H22N2O2. The predicted octanol–water partition coefficient (Wildman–Crippen LogP) is 3.26. The molecular weight excluding hydrogens is 288 g/mol. The molecule has 0 aliphatic heterocycles. The van der Waals surface area contributed by atoms with Crippen LogP contribution in [-0.4, -0.2) is 11.8 Å². The van der Waals surface area contributed by atoms with Gasteiger partial charge in [0.1, 0.15) is 6.42 Å². The molecule has 2 aromatic carbocycles. The van der Waals surface area contributed by atoms with Crippen LogP contribution in [-0.2, 0) is 16.1 Å². The van der Waals surface area contributed by atoms with E-state index in [-0.39, 0.29) is 18.2 Å². The molecule has 4 nitrogen and oxygen atoms in total. The summed E-state index contributed by atoms with van der Waals surface area (Å²) in [5.41, 5.74) is 4.96. The van der Waals surface area contributed by atoms with Gasteiger partial charge in [0.25, 0.3) is 0 Å². The molecule has 23 heavy (non-hydrogen) atoms. The lowest BCUT2D eigenvalue weighted by Crippen LogP contribution is -2.28. The Morgan fingerprint density at radius 3 is 2.39 bits per heavy atom. The van der Waals surface area contributed by atoms with E-state index >= 15 is 0 Å². The van der Waals surface area contributed by atoms with Gasteiger partial charge in [-0.25, -0.2) is 0 Å². The highest BCUT2D eigenvalue weighted by atomic mass is 16.2. The van der Waals surface area contributed by atoms with Crippen LogP contribution in [0.25, 0.3) is 0 Å². The van der Waals surface area contributed by atoms with Crippen LogP contribution in [0.3, 0.4) is 0 Å². The lowest BCUT2D eigenvalue weighted by molar-refractivity contribution is -0.126. The van der Waals surface area contributed by atoms with E-state index in [9.17, 15) is 9.59 Å². The predicted molar refractivity (Wildman–Crippen MR) is 92.2 cm³/mol. The summed E-state index contributed by atoms with van der Waals surface area (Å²) in [6, 6.07) is 13.7. The van der Waals surface area contributed by atoms with Crippen LogP contribution in [0.4, 0.5) is 5.69 Å². The second kappa shape index (κ2) is 7.58. The summed E-state index contributed by atoms with van der Waals surface area (Å²) in [4.78, 5) is 23.9. The van der Waals surface area contributed by atoms with Gasteiger partial charge in [0, 0.05) is 12.2 Å². The highest BCUT2D eigenvalue weighted by molar-refractivity contribution is 6.03. The molecule has 0 heterocycles. The van der Waals surface area contributed by atoms with E-state index < -0.39 is 0 Å². The zero-order valence-electron chi connectivity index (χ0n) is 13.8. The van der Waals surface area contributed by atoms with Crippen LogP contribution in [0.2, 0.25) is 0 Å². The summed E-state index contributed by atoms with van der Waals surface area (Å²) >= 11 is 0. The van der Waals surface area contributed by atoms with E-state index in [0.717, 1.165) is 27.9 Å². The topological polar surface area (TPSA) is 58.2 Å². The van der Waals surface area contributed by atoms with Crippen LogP contribution < -0.4 is 10.6 Å². The van der Waals surface area contributed by atoms with Crippen LogP contribution in [0.15, 0.2) is 42.5 Å². The lowest BCUT2D eigenvalue weighted by atomic mass is 10.1. The van der Waals surface area contributed by atoms with Crippen molar-refractivity contribution >= 4 is 17.5 Å². The number of hydrogen-bond donors (Lipinski definition) is 2. The lowest BCUT2D eigenvalue weighted by Gasteiger charge is -2.10. The molecule has 0 saturated heterocycles. The molecule has 0 aliphatic rings. The number of carbonyl (C=O) groups excluding carboxylic acids is 2. The molecule has 2 rings (SSSR count). The average Bonchev–Trinajstić information content (AvgIpc) is 2.50. The second-order valence-corrected chi connectivity index (χ2v) is 5.75. The molecule has 0 saturated carbocycles. The van der Waals surface area contributed by atoms with Crippen molar-refractivity contribution < 1.29 is 9.59 Å². The number of benzene rings is 2. The van der Waals surface area contributed by atoms with E-state index in [4.69, 9.17) is 0 Å². The summed E-state index contributed by atoms with van der Waals surface area (Å²) in [6.45, 7) is 6.31. The Balaban J connectivity index is 1.86. The van der Waals surface area contributed by atoms with Gasteiger partial charge in [0.05, 0.1) is 0 Å². The molecule has 0 unspecified atom stereocenters. The van der Waals surface area contributed by atoms with Crippen molar-refractivity contribution in [3.05, 3.63) is 64.7 Å². The van der Waals surface area contributed by atoms with Gasteiger partial charge in [-0.1, -0.05) is 36.4 Å². The largest absolute Gasteiger partial charge is 0.352 e. The Hall–Kier alpha value is -2.62. The minimum atomic E-state index is -0.305. The first kappa shape index (κ1) is 16.7. The fourth-order valence-corrected chi connectivity index (χ4v) is 2.28. The molecule has 0 radical (unpaired) electrons. The van der Waals surface area contributed by atoms with Crippen molar-refractivity contribution in [2.24, 2.45) is 0 Å². The first-order valence-electron chi connectivity index (χ1n) is 7.64. The third-order valence-corrected chi connectivity index (χ3v) is 3.73. The zero-order chi connectivity index (χ0) is 16.8. The van der Waals surface area contributed by atoms with E-state index in [0.29, 0.717) is 6.54 Å². The van der Waals surface area contributed by atoms with Crippen molar-refractivity contribution in [3.63, 3.8) is 0 Å². The summed E-state index contributed by atoms with van der Waals surface area (Å²) in [5.74, 6) is -0.586. The number of nitrogens with one attached hydrogen (secondary N) is 2. The monoisotopic (exact) mass is 310 g/mol. The Bertz CT molecular complexity index is 723. The third-order valence-electron chi connectivity index (χ3n) is 3.73. The van der Waals surface area contributed by atoms with Gasteiger partial charge in [-0.2, -0.15) is 0 Å². The molecule has 2 aromatic rings. The SMILES string of the molecule is Cc1ccc(C)c(NC(=O)CC(=O)NCc2ccccc2C)c1. The highest BCUT2D eigenvalue weighted by Gasteiger charge is 2.11. The Labute approximate surface area is 136 Å². The van der Waals surface area contributed by atoms with Gasteiger partial charge in [-0.3, -0.25) is 9.59 Å². The van der Waals surface area contributed by atoms with Crippen LogP contribution in [0, 0.1) is 20.8 Å². The van der Waals surface area contributed by atoms with Crippen molar-refractivity contribution in [3.8, 4) is 0 Å². The van der Waals surface area contributed by atoms with E-state index in [1.165, 1.54) is 0 Å². The zero-order valence-corrected chi connectivity index (χ0v) is 13.8. The number of anilines is 1. The molecule has 0 atom stereocenters. The fourth-order valence-electron chi connectivity index (χ4n) is 2.28. The summed E-state index contributed by atoms with van der Waals surface area (Å²) < 4.78 is 0. The standard InChI is InChI=1S/C19H22N2O2/c1-13-8-9-15(3)17(10-13)21-19(23)11-18(22)20-12-16-7-5-4-6-14(16)2/h4-10H,11-12H2,1-3H3,(H,20,22)(H,21,23). The number of carbonyl (C=O) groups is 2. The van der Waals surface area contributed by atoms with Crippen LogP contribution in [0.1, 0.15) is 28.7 Å². The maximum absolute atomic E-state index is 12.0. The first-order valence-corrected chi connectivity index (χ1v) is 7.64. The Kier molecular flexibility index (Phi) is 5.52. The number of aryl methyl sites for hydroxylation is 3. The smallest absolute Gasteiger partial charge is 0.233 e. The summed E-state index contributed by atoms with van der Waals surface area (Å²) in [6.07, 6.45) is -0.181. The number of hydrogen-bond acceptors (Lipinski definition) is 2. The minimum Gasteiger partial charge on any atom is -0.352 e. The van der Waals surface area contributed by atoms with Crippen molar-refractivity contribution in [1.29, 1.82) is 0 Å². The number of amides is 2. The quantitative estimate of drug-likeness (QED) is 0.833. The molecule has 0 fully saturated rings. The van der Waals surface area contributed by atoms with Crippen molar-refractivity contribution in [2.45, 2.75) is 33.7 Å². The van der Waals surface area contributed by atoms with Gasteiger partial charge < -0.3 is 10.6 Å². The number of rotatable bonds is 5. The fraction of sp³-hybridized carbons (Fsp3) is 0.263. The molecule has 2 N–H and O–H groups in total. The molecule has 4 heteroatoms. The molecule has 0 spiro atoms. The highest BCUT2D eigenvalue weighted by Crippen LogP contribution is 2.16. The van der Waals surface area contributed by atoms with Gasteiger partial charge >= 0.3 is 0 Å². The molecule has 0 bridgehead atoms. The van der Waals surface area contributed by atoms with Gasteiger partial charge in [0.15, 0.2) is 0 Å². The van der Waals surface area contributed by atoms with E-state index in [1.807, 2.05) is 63.2 Å². The van der Waals surface area contributed by atoms with Gasteiger partial charge in [0.2, 0.25) is 11.8 Å². The molecule has 0 aliphatic carbocycles. The van der Waals surface area contributed by atoms with Gasteiger partial charge in [-0.05, 0) is 49.1 Å². The normalized spacial score (nSPS) is 10.2. The Morgan fingerprint density at radius 1 is 0.913 bits per heavy atom. The molecule has 120 valence electrons. The summed E-state index contributed by atoms with van der Waals surface area (Å²) in [5, 5.41) is 5.57. The van der Waals surface area contributed by atoms with Crippen LogP contribution >= 0.6 is 0 Å². The van der Waals surface area contributed by atoms with E-state index in [1.54, 1.807) is 0 Å².